The maximum atomic E-state index is 12.1. The second-order valence-corrected chi connectivity index (χ2v) is 5.45. The molecule has 0 aromatic carbocycles. The Hall–Kier alpha value is -2.30. The quantitative estimate of drug-likeness (QED) is 0.591. The molecule has 5 heteroatoms. The Morgan fingerprint density at radius 3 is 2.46 bits per heavy atom. The molecule has 0 bridgehead atoms. The van der Waals surface area contributed by atoms with Crippen LogP contribution in [0, 0.1) is 0 Å². The number of hydrogen-bond acceptors (Lipinski definition) is 4. The van der Waals surface area contributed by atoms with E-state index in [9.17, 15) is 9.59 Å². The lowest BCUT2D eigenvalue weighted by Gasteiger charge is -2.39. The van der Waals surface area contributed by atoms with Crippen molar-refractivity contribution >= 4 is 11.8 Å². The predicted molar refractivity (Wildman–Crippen MR) is 107 cm³/mol. The van der Waals surface area contributed by atoms with Crippen molar-refractivity contribution in [1.29, 1.82) is 0 Å². The molecule has 2 aliphatic rings. The van der Waals surface area contributed by atoms with Gasteiger partial charge in [-0.2, -0.15) is 0 Å². The van der Waals surface area contributed by atoms with E-state index < -0.39 is 0 Å². The predicted octanol–water partition coefficient (Wildman–Crippen LogP) is 4.10. The number of ether oxygens (including phenoxy) is 1. The van der Waals surface area contributed by atoms with E-state index >= 15 is 0 Å². The maximum Gasteiger partial charge on any atom is 0.249 e. The van der Waals surface area contributed by atoms with E-state index in [2.05, 4.69) is 18.5 Å². The molecule has 1 unspecified atom stereocenters. The fraction of sp³-hybridized carbons (Fsp3) is 0.524. The summed E-state index contributed by atoms with van der Waals surface area (Å²) in [5, 5.41) is 2.41. The van der Waals surface area contributed by atoms with E-state index in [1.54, 1.807) is 12.2 Å². The Morgan fingerprint density at radius 1 is 1.27 bits per heavy atom. The minimum absolute atomic E-state index is 0.205. The third kappa shape index (κ3) is 6.54. The second-order valence-electron chi connectivity index (χ2n) is 5.45. The van der Waals surface area contributed by atoms with Crippen molar-refractivity contribution in [2.75, 3.05) is 13.2 Å². The standard InChI is InChI=1S/C17H22N2O3.2C2H6/c1-4-6-12(3)11-15-13(5-2)19(9-10-22-15)14-7-8-16(20)18-17(14)21;2*1-2/h4-6,14H,1-2,7-11H2,3H3,(H,18,20,21);2*1-2H3. The zero-order valence-corrected chi connectivity index (χ0v) is 16.9. The van der Waals surface area contributed by atoms with Crippen LogP contribution in [0.1, 0.15) is 53.9 Å². The van der Waals surface area contributed by atoms with Crippen LogP contribution in [-0.4, -0.2) is 35.9 Å². The molecule has 1 saturated heterocycles. The third-order valence-corrected chi connectivity index (χ3v) is 3.83. The van der Waals surface area contributed by atoms with Gasteiger partial charge in [-0.25, -0.2) is 0 Å². The van der Waals surface area contributed by atoms with E-state index in [0.29, 0.717) is 32.4 Å². The summed E-state index contributed by atoms with van der Waals surface area (Å²) in [5.74, 6) is 0.361. The lowest BCUT2D eigenvalue weighted by molar-refractivity contribution is -0.137. The van der Waals surface area contributed by atoms with Gasteiger partial charge in [0.05, 0.1) is 12.2 Å². The first kappa shape index (κ1) is 23.7. The summed E-state index contributed by atoms with van der Waals surface area (Å²) in [6.07, 6.45) is 6.93. The van der Waals surface area contributed by atoms with Gasteiger partial charge in [0.15, 0.2) is 0 Å². The Bertz CT molecular complexity index is 562. The average Bonchev–Trinajstić information content (AvgIpc) is 2.65. The highest BCUT2D eigenvalue weighted by molar-refractivity contribution is 6.00. The monoisotopic (exact) mass is 362 g/mol. The number of piperidine rings is 1. The van der Waals surface area contributed by atoms with Gasteiger partial charge in [0.25, 0.3) is 0 Å². The molecule has 5 nitrogen and oxygen atoms in total. The van der Waals surface area contributed by atoms with Crippen LogP contribution in [0.3, 0.4) is 0 Å². The van der Waals surface area contributed by atoms with E-state index in [4.69, 9.17) is 4.74 Å². The molecule has 2 heterocycles. The fourth-order valence-electron chi connectivity index (χ4n) is 2.81. The van der Waals surface area contributed by atoms with Crippen molar-refractivity contribution in [3.8, 4) is 0 Å². The van der Waals surface area contributed by atoms with Crippen LogP contribution < -0.4 is 5.32 Å². The normalized spacial score (nSPS) is 20.0. The second kappa shape index (κ2) is 13.0. The van der Waals surface area contributed by atoms with Crippen molar-refractivity contribution < 1.29 is 14.3 Å². The van der Waals surface area contributed by atoms with E-state index in [1.807, 2.05) is 45.6 Å². The first-order valence-electron chi connectivity index (χ1n) is 9.43. The number of carbonyl (C=O) groups excluding carboxylic acids is 2. The van der Waals surface area contributed by atoms with Crippen LogP contribution in [-0.2, 0) is 14.3 Å². The minimum atomic E-state index is -0.340. The molecule has 0 aliphatic carbocycles. The van der Waals surface area contributed by atoms with Gasteiger partial charge in [-0.05, 0) is 19.4 Å². The topological polar surface area (TPSA) is 58.6 Å². The summed E-state index contributed by atoms with van der Waals surface area (Å²) in [5.41, 5.74) is 1.95. The number of hydrogen-bond donors (Lipinski definition) is 1. The highest BCUT2D eigenvalue weighted by Crippen LogP contribution is 2.27. The van der Waals surface area contributed by atoms with Gasteiger partial charge in [0.1, 0.15) is 18.4 Å². The molecule has 146 valence electrons. The van der Waals surface area contributed by atoms with Crippen LogP contribution in [0.25, 0.3) is 0 Å². The van der Waals surface area contributed by atoms with E-state index in [-0.39, 0.29) is 17.9 Å². The van der Waals surface area contributed by atoms with Gasteiger partial charge >= 0.3 is 0 Å². The summed E-state index contributed by atoms with van der Waals surface area (Å²) in [4.78, 5) is 25.4. The molecule has 1 fully saturated rings. The zero-order valence-electron chi connectivity index (χ0n) is 16.9. The van der Waals surface area contributed by atoms with Crippen molar-refractivity contribution in [1.82, 2.24) is 10.2 Å². The summed E-state index contributed by atoms with van der Waals surface area (Å²) < 4.78 is 5.77. The molecule has 0 saturated carbocycles. The summed E-state index contributed by atoms with van der Waals surface area (Å²) >= 11 is 0. The van der Waals surface area contributed by atoms with Gasteiger partial charge in [-0.3, -0.25) is 14.9 Å². The van der Waals surface area contributed by atoms with Gasteiger partial charge < -0.3 is 9.64 Å². The summed E-state index contributed by atoms with van der Waals surface area (Å²) in [6, 6.07) is -0.340. The molecule has 0 radical (unpaired) electrons. The molecule has 0 aromatic rings. The Labute approximate surface area is 158 Å². The molecule has 1 N–H and O–H groups in total. The van der Waals surface area contributed by atoms with Crippen molar-refractivity contribution in [3.63, 3.8) is 0 Å². The summed E-state index contributed by atoms with van der Waals surface area (Å²) in [6.45, 7) is 18.7. The lowest BCUT2D eigenvalue weighted by atomic mass is 10.0. The lowest BCUT2D eigenvalue weighted by Crippen LogP contribution is -2.53. The fourth-order valence-corrected chi connectivity index (χ4v) is 2.81. The average molecular weight is 363 g/mol. The first-order chi connectivity index (χ1) is 12.6. The summed E-state index contributed by atoms with van der Waals surface area (Å²) in [7, 11) is 0. The number of nitrogens with one attached hydrogen (secondary N) is 1. The number of allylic oxidation sites excluding steroid dienone is 4. The number of carbonyl (C=O) groups is 2. The highest BCUT2D eigenvalue weighted by Gasteiger charge is 2.34. The molecule has 0 spiro atoms. The third-order valence-electron chi connectivity index (χ3n) is 3.83. The molecular formula is C21H34N2O3. The van der Waals surface area contributed by atoms with Crippen molar-refractivity contribution in [2.45, 2.75) is 59.9 Å². The SMILES string of the molecule is C=CC=C(C)CC1=C(C=C)N(C2CCC(=O)NC2=O)CCO1.CC.CC. The van der Waals surface area contributed by atoms with E-state index in [0.717, 1.165) is 17.0 Å². The van der Waals surface area contributed by atoms with Crippen LogP contribution >= 0.6 is 0 Å². The molecule has 2 rings (SSSR count). The highest BCUT2D eigenvalue weighted by atomic mass is 16.5. The Morgan fingerprint density at radius 2 is 1.92 bits per heavy atom. The molecule has 1 atom stereocenters. The molecule has 2 amide bonds. The number of nitrogens with zero attached hydrogens (tertiary/aromatic N) is 1. The van der Waals surface area contributed by atoms with Gasteiger partial charge in [-0.15, -0.1) is 0 Å². The molecular weight excluding hydrogens is 328 g/mol. The maximum absolute atomic E-state index is 12.1. The first-order valence-corrected chi connectivity index (χ1v) is 9.43. The van der Waals surface area contributed by atoms with Gasteiger partial charge in [0, 0.05) is 12.8 Å². The van der Waals surface area contributed by atoms with Gasteiger partial charge in [0.2, 0.25) is 11.8 Å². The van der Waals surface area contributed by atoms with E-state index in [1.165, 1.54) is 0 Å². The molecule has 2 aliphatic heterocycles. The Kier molecular flexibility index (Phi) is 11.8. The zero-order chi connectivity index (χ0) is 20.1. The van der Waals surface area contributed by atoms with Gasteiger partial charge in [-0.1, -0.05) is 58.6 Å². The number of imide groups is 1. The number of rotatable bonds is 5. The van der Waals surface area contributed by atoms with Crippen LogP contribution in [0.15, 0.2) is 48.4 Å². The van der Waals surface area contributed by atoms with Crippen LogP contribution in [0.4, 0.5) is 0 Å². The number of amides is 2. The molecule has 0 aromatic heterocycles. The Balaban J connectivity index is 0.00000146. The largest absolute Gasteiger partial charge is 0.494 e. The van der Waals surface area contributed by atoms with Crippen molar-refractivity contribution in [2.24, 2.45) is 0 Å². The smallest absolute Gasteiger partial charge is 0.249 e. The minimum Gasteiger partial charge on any atom is -0.494 e. The molecule has 26 heavy (non-hydrogen) atoms. The van der Waals surface area contributed by atoms with Crippen LogP contribution in [0.2, 0.25) is 0 Å². The van der Waals surface area contributed by atoms with Crippen LogP contribution in [0.5, 0.6) is 0 Å². The van der Waals surface area contributed by atoms with Crippen molar-refractivity contribution in [3.05, 3.63) is 48.4 Å².